The highest BCUT2D eigenvalue weighted by Gasteiger charge is 2.11. The van der Waals surface area contributed by atoms with Gasteiger partial charge in [0.2, 0.25) is 0 Å². The Balaban J connectivity index is 1.57. The maximum atomic E-state index is 5.56. The topological polar surface area (TPSA) is 72.1 Å². The monoisotopic (exact) mass is 392 g/mol. The molecule has 7 heteroatoms. The summed E-state index contributed by atoms with van der Waals surface area (Å²) in [6.07, 6.45) is 1.87. The van der Waals surface area contributed by atoms with E-state index < -0.39 is 0 Å². The Hall–Kier alpha value is -3.32. The van der Waals surface area contributed by atoms with Crippen molar-refractivity contribution in [1.82, 2.24) is 15.0 Å². The number of H-pyrrole nitrogens is 1. The summed E-state index contributed by atoms with van der Waals surface area (Å²) in [5, 5.41) is 6.18. The SMILES string of the molecule is COc1cccc(-c2csc(Nc3ccc(-c4nc(C)c[nH]4)c(OC)c3)n2)c1. The lowest BCUT2D eigenvalue weighted by Gasteiger charge is -2.09. The zero-order valence-electron chi connectivity index (χ0n) is 15.8. The first-order valence-corrected chi connectivity index (χ1v) is 9.61. The van der Waals surface area contributed by atoms with E-state index in [0.717, 1.165) is 50.7 Å². The Morgan fingerprint density at radius 3 is 2.68 bits per heavy atom. The number of hydrogen-bond acceptors (Lipinski definition) is 6. The van der Waals surface area contributed by atoms with Gasteiger partial charge in [0.25, 0.3) is 0 Å². The van der Waals surface area contributed by atoms with Crippen LogP contribution in [0.4, 0.5) is 10.8 Å². The Kier molecular flexibility index (Phi) is 4.99. The maximum absolute atomic E-state index is 5.56. The molecule has 2 N–H and O–H groups in total. The number of nitrogens with zero attached hydrogens (tertiary/aromatic N) is 2. The Morgan fingerprint density at radius 1 is 1.04 bits per heavy atom. The van der Waals surface area contributed by atoms with Gasteiger partial charge in [0.1, 0.15) is 17.3 Å². The molecule has 28 heavy (non-hydrogen) atoms. The average molecular weight is 392 g/mol. The largest absolute Gasteiger partial charge is 0.497 e. The molecular formula is C21H20N4O2S. The molecule has 0 saturated heterocycles. The molecule has 0 amide bonds. The van der Waals surface area contributed by atoms with Crippen molar-refractivity contribution in [3.63, 3.8) is 0 Å². The van der Waals surface area contributed by atoms with Crippen molar-refractivity contribution in [2.75, 3.05) is 19.5 Å². The minimum Gasteiger partial charge on any atom is -0.497 e. The molecule has 142 valence electrons. The van der Waals surface area contributed by atoms with Gasteiger partial charge in [0, 0.05) is 28.9 Å². The second-order valence-electron chi connectivity index (χ2n) is 6.20. The van der Waals surface area contributed by atoms with E-state index in [1.165, 1.54) is 0 Å². The molecule has 2 aromatic carbocycles. The first-order valence-electron chi connectivity index (χ1n) is 8.73. The molecule has 0 fully saturated rings. The quantitative estimate of drug-likeness (QED) is 0.468. The molecule has 2 heterocycles. The summed E-state index contributed by atoms with van der Waals surface area (Å²) >= 11 is 1.55. The molecule has 0 spiro atoms. The number of imidazole rings is 1. The van der Waals surface area contributed by atoms with Crippen LogP contribution in [0.2, 0.25) is 0 Å². The molecule has 6 nitrogen and oxygen atoms in total. The minimum absolute atomic E-state index is 0.740. The summed E-state index contributed by atoms with van der Waals surface area (Å²) in [5.41, 5.74) is 4.67. The second-order valence-corrected chi connectivity index (χ2v) is 7.06. The molecule has 2 aromatic heterocycles. The first kappa shape index (κ1) is 18.1. The molecule has 4 aromatic rings. The van der Waals surface area contributed by atoms with Crippen molar-refractivity contribution >= 4 is 22.2 Å². The molecule has 0 radical (unpaired) electrons. The lowest BCUT2D eigenvalue weighted by Crippen LogP contribution is -1.94. The van der Waals surface area contributed by atoms with Gasteiger partial charge in [-0.2, -0.15) is 0 Å². The predicted octanol–water partition coefficient (Wildman–Crippen LogP) is 5.27. The van der Waals surface area contributed by atoms with Gasteiger partial charge in [0.15, 0.2) is 5.13 Å². The number of aryl methyl sites for hydroxylation is 1. The number of nitrogens with one attached hydrogen (secondary N) is 2. The number of hydrogen-bond donors (Lipinski definition) is 2. The van der Waals surface area contributed by atoms with E-state index in [9.17, 15) is 0 Å². The summed E-state index contributed by atoms with van der Waals surface area (Å²) in [5.74, 6) is 2.34. The van der Waals surface area contributed by atoms with E-state index in [0.29, 0.717) is 0 Å². The van der Waals surface area contributed by atoms with Crippen molar-refractivity contribution in [3.8, 4) is 34.1 Å². The number of methoxy groups -OCH3 is 2. The predicted molar refractivity (Wildman–Crippen MR) is 113 cm³/mol. The van der Waals surface area contributed by atoms with Crippen LogP contribution in [-0.2, 0) is 0 Å². The Morgan fingerprint density at radius 2 is 1.93 bits per heavy atom. The minimum atomic E-state index is 0.740. The van der Waals surface area contributed by atoms with Gasteiger partial charge in [-0.1, -0.05) is 12.1 Å². The van der Waals surface area contributed by atoms with E-state index in [4.69, 9.17) is 9.47 Å². The van der Waals surface area contributed by atoms with Gasteiger partial charge >= 0.3 is 0 Å². The van der Waals surface area contributed by atoms with Crippen LogP contribution in [0.1, 0.15) is 5.69 Å². The lowest BCUT2D eigenvalue weighted by atomic mass is 10.1. The molecule has 0 unspecified atom stereocenters. The molecule has 0 aliphatic heterocycles. The van der Waals surface area contributed by atoms with Crippen LogP contribution in [0, 0.1) is 6.92 Å². The van der Waals surface area contributed by atoms with Crippen molar-refractivity contribution in [2.24, 2.45) is 0 Å². The lowest BCUT2D eigenvalue weighted by molar-refractivity contribution is 0.415. The highest BCUT2D eigenvalue weighted by Crippen LogP contribution is 2.33. The fourth-order valence-corrected chi connectivity index (χ4v) is 3.63. The third-order valence-electron chi connectivity index (χ3n) is 4.28. The molecule has 4 rings (SSSR count). The van der Waals surface area contributed by atoms with Gasteiger partial charge in [0.05, 0.1) is 31.2 Å². The van der Waals surface area contributed by atoms with Crippen LogP contribution in [0.15, 0.2) is 54.0 Å². The molecule has 0 atom stereocenters. The first-order chi connectivity index (χ1) is 13.7. The number of aromatic nitrogens is 3. The summed E-state index contributed by atoms with van der Waals surface area (Å²) in [7, 11) is 3.32. The van der Waals surface area contributed by atoms with Gasteiger partial charge in [-0.25, -0.2) is 9.97 Å². The third kappa shape index (κ3) is 3.70. The maximum Gasteiger partial charge on any atom is 0.187 e. The molecule has 0 aliphatic carbocycles. The number of anilines is 2. The van der Waals surface area contributed by atoms with Gasteiger partial charge < -0.3 is 19.8 Å². The van der Waals surface area contributed by atoms with Crippen LogP contribution in [-0.4, -0.2) is 29.2 Å². The number of aromatic amines is 1. The Labute approximate surface area is 167 Å². The van der Waals surface area contributed by atoms with Gasteiger partial charge in [-0.05, 0) is 31.2 Å². The van der Waals surface area contributed by atoms with Crippen molar-refractivity contribution in [2.45, 2.75) is 6.92 Å². The summed E-state index contributed by atoms with van der Waals surface area (Å²) in [4.78, 5) is 12.3. The highest BCUT2D eigenvalue weighted by molar-refractivity contribution is 7.14. The van der Waals surface area contributed by atoms with Gasteiger partial charge in [-0.3, -0.25) is 0 Å². The van der Waals surface area contributed by atoms with Crippen molar-refractivity contribution in [3.05, 3.63) is 59.7 Å². The normalized spacial score (nSPS) is 10.7. The number of benzene rings is 2. The summed E-state index contributed by atoms with van der Waals surface area (Å²) in [6, 6.07) is 13.8. The van der Waals surface area contributed by atoms with Crippen LogP contribution in [0.3, 0.4) is 0 Å². The van der Waals surface area contributed by atoms with Gasteiger partial charge in [-0.15, -0.1) is 11.3 Å². The van der Waals surface area contributed by atoms with E-state index in [1.54, 1.807) is 25.6 Å². The van der Waals surface area contributed by atoms with Crippen LogP contribution in [0.25, 0.3) is 22.6 Å². The molecule has 0 aliphatic rings. The number of ether oxygens (including phenoxy) is 2. The fraction of sp³-hybridized carbons (Fsp3) is 0.143. The van der Waals surface area contributed by atoms with E-state index in [1.807, 2.05) is 61.0 Å². The standard InChI is InChI=1S/C21H20N4O2S/c1-13-11-22-20(23-13)17-8-7-15(10-19(17)27-3)24-21-25-18(12-28-21)14-5-4-6-16(9-14)26-2/h4-12H,1-3H3,(H,22,23)(H,24,25). The highest BCUT2D eigenvalue weighted by atomic mass is 32.1. The van der Waals surface area contributed by atoms with E-state index in [2.05, 4.69) is 20.3 Å². The van der Waals surface area contributed by atoms with Crippen LogP contribution < -0.4 is 14.8 Å². The van der Waals surface area contributed by atoms with E-state index in [-0.39, 0.29) is 0 Å². The van der Waals surface area contributed by atoms with E-state index >= 15 is 0 Å². The second kappa shape index (κ2) is 7.74. The van der Waals surface area contributed by atoms with Crippen molar-refractivity contribution < 1.29 is 9.47 Å². The molecule has 0 saturated carbocycles. The zero-order chi connectivity index (χ0) is 19.5. The summed E-state index contributed by atoms with van der Waals surface area (Å²) in [6.45, 7) is 1.95. The smallest absolute Gasteiger partial charge is 0.187 e. The molecule has 0 bridgehead atoms. The zero-order valence-corrected chi connectivity index (χ0v) is 16.6. The average Bonchev–Trinajstić information content (AvgIpc) is 3.37. The Bertz CT molecular complexity index is 1100. The van der Waals surface area contributed by atoms with Crippen LogP contribution >= 0.6 is 11.3 Å². The van der Waals surface area contributed by atoms with Crippen molar-refractivity contribution in [1.29, 1.82) is 0 Å². The number of rotatable bonds is 6. The fourth-order valence-electron chi connectivity index (χ4n) is 2.89. The summed E-state index contributed by atoms with van der Waals surface area (Å²) < 4.78 is 10.8. The molecular weight excluding hydrogens is 372 g/mol. The third-order valence-corrected chi connectivity index (χ3v) is 5.04. The number of thiazole rings is 1. The van der Waals surface area contributed by atoms with Crippen LogP contribution in [0.5, 0.6) is 11.5 Å².